The third-order valence-corrected chi connectivity index (χ3v) is 13.9. The van der Waals surface area contributed by atoms with Crippen LogP contribution in [-0.4, -0.2) is 12.1 Å². The van der Waals surface area contributed by atoms with Crippen LogP contribution in [0.2, 0.25) is 0 Å². The van der Waals surface area contributed by atoms with Crippen LogP contribution in [0, 0.1) is 52.8 Å². The van der Waals surface area contributed by atoms with Crippen molar-refractivity contribution in [2.75, 3.05) is 0 Å². The average molecular weight is 637 g/mol. The molecule has 2 nitrogen and oxygen atoms in total. The third kappa shape index (κ3) is 10.2. The summed E-state index contributed by atoms with van der Waals surface area (Å²) in [7, 11) is 0. The van der Waals surface area contributed by atoms with Crippen molar-refractivity contribution in [1.29, 1.82) is 0 Å². The lowest BCUT2D eigenvalue weighted by atomic mass is 9.50. The van der Waals surface area contributed by atoms with Gasteiger partial charge in [-0.2, -0.15) is 0 Å². The first-order valence-corrected chi connectivity index (χ1v) is 20.9. The molecule has 4 aliphatic rings. The van der Waals surface area contributed by atoms with Crippen LogP contribution in [0.4, 0.5) is 0 Å². The highest BCUT2D eigenvalue weighted by Gasteiger charge is 2.54. The van der Waals surface area contributed by atoms with Gasteiger partial charge in [-0.15, -0.1) is 0 Å². The summed E-state index contributed by atoms with van der Waals surface area (Å²) in [6.45, 7) is 14.5. The molecule has 264 valence electrons. The number of ether oxygens (including phenoxy) is 1. The molecule has 0 aliphatic heterocycles. The maximum atomic E-state index is 12.8. The van der Waals surface area contributed by atoms with Gasteiger partial charge >= 0.3 is 5.97 Å². The van der Waals surface area contributed by atoms with Crippen molar-refractivity contribution in [3.8, 4) is 0 Å². The molecule has 0 bridgehead atoms. The first kappa shape index (κ1) is 37.8. The van der Waals surface area contributed by atoms with Crippen molar-refractivity contribution < 1.29 is 9.53 Å². The second-order valence-corrected chi connectivity index (χ2v) is 17.2. The molecule has 0 spiro atoms. The number of unbranched alkanes of at least 4 members (excludes halogenated alkanes) is 12. The molecule has 4 aliphatic carbocycles. The van der Waals surface area contributed by atoms with E-state index in [-0.39, 0.29) is 12.1 Å². The first-order chi connectivity index (χ1) is 22.3. The number of esters is 1. The number of allylic oxidation sites excluding steroid dienone is 3. The van der Waals surface area contributed by atoms with Crippen LogP contribution in [0.25, 0.3) is 0 Å². The highest BCUT2D eigenvalue weighted by molar-refractivity contribution is 5.69. The molecule has 46 heavy (non-hydrogen) atoms. The number of hydrogen-bond donors (Lipinski definition) is 0. The lowest BCUT2D eigenvalue weighted by molar-refractivity contribution is -0.151. The molecule has 0 heterocycles. The fraction of sp³-hybridized carbons (Fsp3) is 0.886. The number of carbonyl (C=O) groups is 1. The Kier molecular flexibility index (Phi) is 15.8. The Morgan fingerprint density at radius 3 is 2.07 bits per heavy atom. The van der Waals surface area contributed by atoms with E-state index in [4.69, 9.17) is 4.74 Å². The first-order valence-electron chi connectivity index (χ1n) is 20.9. The third-order valence-electron chi connectivity index (χ3n) is 13.9. The summed E-state index contributed by atoms with van der Waals surface area (Å²) >= 11 is 0. The number of rotatable bonds is 20. The van der Waals surface area contributed by atoms with Gasteiger partial charge < -0.3 is 4.74 Å². The predicted molar refractivity (Wildman–Crippen MR) is 198 cm³/mol. The Hall–Kier alpha value is -1.05. The largest absolute Gasteiger partial charge is 0.462 e. The van der Waals surface area contributed by atoms with Gasteiger partial charge in [-0.05, 0) is 111 Å². The van der Waals surface area contributed by atoms with Crippen molar-refractivity contribution in [1.82, 2.24) is 0 Å². The standard InChI is InChI=1S/C44H76O2/c1-7-9-10-11-12-13-14-15-16-17-18-19-20-21-43(45)46-37-30-31-44(6)36(32-37)24-25-41-40-27-26-38(39(40)28-29-42(41)44)34(5)22-23-35(8-2)33(3)4/h22-24,33-35,37-42H,7-21,25-32H2,1-6H3/b23-22-/t34-,35-,37+,38-,39-,40-,41+,42+,44+/m1/s1. The molecule has 3 saturated carbocycles. The Balaban J connectivity index is 1.14. The zero-order valence-electron chi connectivity index (χ0n) is 31.5. The molecule has 0 unspecified atom stereocenters. The molecular weight excluding hydrogens is 560 g/mol. The molecule has 0 saturated heterocycles. The van der Waals surface area contributed by atoms with E-state index in [1.54, 1.807) is 5.57 Å². The minimum Gasteiger partial charge on any atom is -0.462 e. The van der Waals surface area contributed by atoms with Gasteiger partial charge in [0.05, 0.1) is 0 Å². The monoisotopic (exact) mass is 637 g/mol. The minimum atomic E-state index is 0.0605. The van der Waals surface area contributed by atoms with E-state index in [2.05, 4.69) is 59.8 Å². The average Bonchev–Trinajstić information content (AvgIpc) is 3.48. The summed E-state index contributed by atoms with van der Waals surface area (Å²) in [5.41, 5.74) is 1.98. The van der Waals surface area contributed by atoms with E-state index in [0.29, 0.717) is 11.8 Å². The zero-order valence-corrected chi connectivity index (χ0v) is 31.5. The summed E-state index contributed by atoms with van der Waals surface area (Å²) in [5, 5.41) is 0. The fourth-order valence-electron chi connectivity index (χ4n) is 10.9. The summed E-state index contributed by atoms with van der Waals surface area (Å²) in [6, 6.07) is 0. The normalized spacial score (nSPS) is 32.1. The quantitative estimate of drug-likeness (QED) is 0.0755. The maximum absolute atomic E-state index is 12.8. The van der Waals surface area contributed by atoms with Gasteiger partial charge in [0.1, 0.15) is 6.10 Å². The molecule has 0 aromatic rings. The Morgan fingerprint density at radius 2 is 1.43 bits per heavy atom. The van der Waals surface area contributed by atoms with E-state index in [1.165, 1.54) is 122 Å². The van der Waals surface area contributed by atoms with Crippen molar-refractivity contribution in [2.24, 2.45) is 52.8 Å². The summed E-state index contributed by atoms with van der Waals surface area (Å²) in [6.07, 6.45) is 37.5. The van der Waals surface area contributed by atoms with Crippen molar-refractivity contribution >= 4 is 5.97 Å². The molecular formula is C44H76O2. The summed E-state index contributed by atoms with van der Waals surface area (Å²) in [4.78, 5) is 12.8. The highest BCUT2D eigenvalue weighted by atomic mass is 16.5. The van der Waals surface area contributed by atoms with Crippen molar-refractivity contribution in [2.45, 2.75) is 195 Å². The van der Waals surface area contributed by atoms with Gasteiger partial charge in [0.2, 0.25) is 0 Å². The SMILES string of the molecule is CCCCCCCCCCCCCCCC(=O)O[C@H]1CC[C@@]2(C)C(=CC[C@H]3[C@@H]4CC[C@H]([C@H](C)/C=C\[C@@H](CC)C(C)C)[C@H]4CC[C@@H]32)C1. The smallest absolute Gasteiger partial charge is 0.306 e. The summed E-state index contributed by atoms with van der Waals surface area (Å²) in [5.74, 6) is 6.71. The van der Waals surface area contributed by atoms with Gasteiger partial charge in [-0.3, -0.25) is 4.79 Å². The molecule has 3 fully saturated rings. The van der Waals surface area contributed by atoms with Gasteiger partial charge in [-0.1, -0.05) is 142 Å². The number of hydrogen-bond acceptors (Lipinski definition) is 2. The molecule has 0 aromatic carbocycles. The van der Waals surface area contributed by atoms with Gasteiger partial charge in [0.15, 0.2) is 0 Å². The van der Waals surface area contributed by atoms with Crippen LogP contribution in [-0.2, 0) is 9.53 Å². The van der Waals surface area contributed by atoms with Crippen LogP contribution in [0.3, 0.4) is 0 Å². The maximum Gasteiger partial charge on any atom is 0.306 e. The Labute approximate surface area is 286 Å². The molecule has 0 radical (unpaired) electrons. The fourth-order valence-corrected chi connectivity index (χ4v) is 10.9. The van der Waals surface area contributed by atoms with Gasteiger partial charge in [-0.25, -0.2) is 0 Å². The van der Waals surface area contributed by atoms with Gasteiger partial charge in [0.25, 0.3) is 0 Å². The second kappa shape index (κ2) is 19.2. The molecule has 4 rings (SSSR count). The van der Waals surface area contributed by atoms with Crippen molar-refractivity contribution in [3.05, 3.63) is 23.8 Å². The number of carbonyl (C=O) groups excluding carboxylic acids is 1. The van der Waals surface area contributed by atoms with Crippen LogP contribution >= 0.6 is 0 Å². The van der Waals surface area contributed by atoms with Crippen LogP contribution in [0.5, 0.6) is 0 Å². The van der Waals surface area contributed by atoms with E-state index in [9.17, 15) is 4.79 Å². The topological polar surface area (TPSA) is 26.3 Å². The molecule has 0 aromatic heterocycles. The Morgan fingerprint density at radius 1 is 0.804 bits per heavy atom. The number of fused-ring (bicyclic) bond motifs is 5. The van der Waals surface area contributed by atoms with Crippen LogP contribution in [0.1, 0.15) is 189 Å². The van der Waals surface area contributed by atoms with E-state index in [1.807, 2.05) is 0 Å². The lowest BCUT2D eigenvalue weighted by Crippen LogP contribution is -2.48. The van der Waals surface area contributed by atoms with Crippen LogP contribution < -0.4 is 0 Å². The van der Waals surface area contributed by atoms with E-state index >= 15 is 0 Å². The van der Waals surface area contributed by atoms with E-state index in [0.717, 1.165) is 66.6 Å². The predicted octanol–water partition coefficient (Wildman–Crippen LogP) is 13.4. The van der Waals surface area contributed by atoms with Gasteiger partial charge in [0, 0.05) is 12.8 Å². The molecule has 2 heteroatoms. The lowest BCUT2D eigenvalue weighted by Gasteiger charge is -2.55. The van der Waals surface area contributed by atoms with E-state index < -0.39 is 0 Å². The summed E-state index contributed by atoms with van der Waals surface area (Å²) < 4.78 is 6.11. The molecule has 9 atom stereocenters. The second-order valence-electron chi connectivity index (χ2n) is 17.2. The highest BCUT2D eigenvalue weighted by Crippen LogP contribution is 2.63. The Bertz CT molecular complexity index is 946. The van der Waals surface area contributed by atoms with Crippen LogP contribution in [0.15, 0.2) is 23.8 Å². The van der Waals surface area contributed by atoms with Crippen molar-refractivity contribution in [3.63, 3.8) is 0 Å². The minimum absolute atomic E-state index is 0.0605. The molecule has 0 amide bonds. The zero-order chi connectivity index (χ0) is 32.9. The molecule has 0 N–H and O–H groups in total.